The number of benzene rings is 2. The number of nitrogens with zero attached hydrogens (tertiary/aromatic N) is 2. The van der Waals surface area contributed by atoms with Gasteiger partial charge in [0.2, 0.25) is 0 Å². The maximum atomic E-state index is 13.0. The second-order valence-corrected chi connectivity index (χ2v) is 9.42. The summed E-state index contributed by atoms with van der Waals surface area (Å²) in [5, 5.41) is 16.7. The van der Waals surface area contributed by atoms with E-state index in [9.17, 15) is 19.5 Å². The van der Waals surface area contributed by atoms with Gasteiger partial charge in [-0.25, -0.2) is 4.79 Å². The van der Waals surface area contributed by atoms with Gasteiger partial charge in [-0.15, -0.1) is 0 Å². The third kappa shape index (κ3) is 5.85. The highest BCUT2D eigenvalue weighted by atomic mass is 16.5. The first-order valence-corrected chi connectivity index (χ1v) is 12.3. The standard InChI is InChI=1S/C27H34N4O5/c1-30(22-11-13-31(14-12-22)27(35)36-2)26(34)19-9-7-18(8-10-19)25(33)29-17-24(32)23-15-20-5-3-4-6-21(20)16-28-23/h3-10,22-24,28,32H,11-17H2,1-2H3,(H,29,33)/t23-,24+/m0/s1. The normalized spacial score (nSPS) is 18.6. The lowest BCUT2D eigenvalue weighted by Crippen LogP contribution is -2.49. The Morgan fingerprint density at radius 1 is 1.08 bits per heavy atom. The first-order valence-electron chi connectivity index (χ1n) is 12.3. The molecule has 9 nitrogen and oxygen atoms in total. The molecule has 0 aromatic heterocycles. The number of hydrogen-bond acceptors (Lipinski definition) is 6. The first kappa shape index (κ1) is 25.7. The fraction of sp³-hybridized carbons (Fsp3) is 0.444. The number of aliphatic hydroxyl groups is 1. The van der Waals surface area contributed by atoms with Crippen molar-refractivity contribution in [2.24, 2.45) is 0 Å². The van der Waals surface area contributed by atoms with Crippen LogP contribution >= 0.6 is 0 Å². The van der Waals surface area contributed by atoms with E-state index in [1.807, 2.05) is 12.1 Å². The molecule has 2 heterocycles. The summed E-state index contributed by atoms with van der Waals surface area (Å²) < 4.78 is 4.76. The number of nitrogens with one attached hydrogen (secondary N) is 2. The molecule has 4 rings (SSSR count). The van der Waals surface area contributed by atoms with Crippen LogP contribution < -0.4 is 10.6 Å². The Hall–Kier alpha value is -3.43. The zero-order chi connectivity index (χ0) is 25.7. The van der Waals surface area contributed by atoms with Gasteiger partial charge < -0.3 is 30.3 Å². The minimum absolute atomic E-state index is 0.0308. The molecule has 0 spiro atoms. The highest BCUT2D eigenvalue weighted by molar-refractivity contribution is 5.97. The zero-order valence-corrected chi connectivity index (χ0v) is 20.8. The number of amides is 3. The molecule has 2 aliphatic heterocycles. The molecule has 1 saturated heterocycles. The largest absolute Gasteiger partial charge is 0.453 e. The number of piperidine rings is 1. The number of hydrogen-bond donors (Lipinski definition) is 3. The average Bonchev–Trinajstić information content (AvgIpc) is 2.94. The topological polar surface area (TPSA) is 111 Å². The second kappa shape index (κ2) is 11.5. The van der Waals surface area contributed by atoms with Crippen LogP contribution in [-0.4, -0.2) is 84.8 Å². The molecule has 2 aromatic rings. The maximum absolute atomic E-state index is 13.0. The molecule has 2 aromatic carbocycles. The van der Waals surface area contributed by atoms with Crippen molar-refractivity contribution in [1.82, 2.24) is 20.4 Å². The minimum Gasteiger partial charge on any atom is -0.453 e. The van der Waals surface area contributed by atoms with Crippen molar-refractivity contribution in [3.05, 3.63) is 70.8 Å². The first-order chi connectivity index (χ1) is 17.4. The predicted molar refractivity (Wildman–Crippen MR) is 135 cm³/mol. The van der Waals surface area contributed by atoms with E-state index < -0.39 is 6.10 Å². The Balaban J connectivity index is 1.26. The molecule has 0 unspecified atom stereocenters. The maximum Gasteiger partial charge on any atom is 0.409 e. The summed E-state index contributed by atoms with van der Waals surface area (Å²) in [6, 6.07) is 14.6. The van der Waals surface area contributed by atoms with Crippen LogP contribution in [0.3, 0.4) is 0 Å². The second-order valence-electron chi connectivity index (χ2n) is 9.42. The average molecular weight is 495 g/mol. The lowest BCUT2D eigenvalue weighted by Gasteiger charge is -2.36. The SMILES string of the molecule is COC(=O)N1CCC(N(C)C(=O)c2ccc(C(=O)NC[C@@H](O)[C@@H]3Cc4ccccc4CN3)cc2)CC1. The van der Waals surface area contributed by atoms with E-state index in [0.29, 0.717) is 50.0 Å². The fourth-order valence-corrected chi connectivity index (χ4v) is 4.89. The van der Waals surface area contributed by atoms with E-state index in [2.05, 4.69) is 22.8 Å². The summed E-state index contributed by atoms with van der Waals surface area (Å²) in [5.41, 5.74) is 3.37. The summed E-state index contributed by atoms with van der Waals surface area (Å²) in [6.07, 6.45) is 1.01. The monoisotopic (exact) mass is 494 g/mol. The van der Waals surface area contributed by atoms with Crippen LogP contribution in [0.4, 0.5) is 4.79 Å². The molecule has 0 bridgehead atoms. The number of likely N-dealkylation sites (tertiary alicyclic amines) is 1. The van der Waals surface area contributed by atoms with E-state index in [4.69, 9.17) is 4.74 Å². The molecule has 0 radical (unpaired) electrons. The van der Waals surface area contributed by atoms with Gasteiger partial charge >= 0.3 is 6.09 Å². The number of carbonyl (C=O) groups is 3. The lowest BCUT2D eigenvalue weighted by molar-refractivity contribution is 0.0623. The summed E-state index contributed by atoms with van der Waals surface area (Å²) >= 11 is 0. The zero-order valence-electron chi connectivity index (χ0n) is 20.8. The predicted octanol–water partition coefficient (Wildman–Crippen LogP) is 1.79. The summed E-state index contributed by atoms with van der Waals surface area (Å²) in [5.74, 6) is -0.426. The fourth-order valence-electron chi connectivity index (χ4n) is 4.89. The van der Waals surface area contributed by atoms with Gasteiger partial charge in [-0.2, -0.15) is 0 Å². The molecule has 0 saturated carbocycles. The van der Waals surface area contributed by atoms with Gasteiger partial charge in [0, 0.05) is 56.4 Å². The van der Waals surface area contributed by atoms with E-state index >= 15 is 0 Å². The number of ether oxygens (including phenoxy) is 1. The van der Waals surface area contributed by atoms with Crippen LogP contribution in [0.1, 0.15) is 44.7 Å². The van der Waals surface area contributed by atoms with Gasteiger partial charge in [-0.3, -0.25) is 9.59 Å². The summed E-state index contributed by atoms with van der Waals surface area (Å²) in [7, 11) is 3.13. The molecule has 192 valence electrons. The molecule has 36 heavy (non-hydrogen) atoms. The number of rotatable bonds is 6. The van der Waals surface area contributed by atoms with Crippen LogP contribution in [0.2, 0.25) is 0 Å². The molecule has 0 aliphatic carbocycles. The van der Waals surface area contributed by atoms with Crippen molar-refractivity contribution in [2.75, 3.05) is 33.8 Å². The van der Waals surface area contributed by atoms with E-state index in [1.54, 1.807) is 41.1 Å². The van der Waals surface area contributed by atoms with Crippen molar-refractivity contribution in [1.29, 1.82) is 0 Å². The molecule has 3 amide bonds. The molecular weight excluding hydrogens is 460 g/mol. The summed E-state index contributed by atoms with van der Waals surface area (Å²) in [6.45, 7) is 1.91. The van der Waals surface area contributed by atoms with Gasteiger partial charge in [0.05, 0.1) is 13.2 Å². The summed E-state index contributed by atoms with van der Waals surface area (Å²) in [4.78, 5) is 40.6. The van der Waals surface area contributed by atoms with Gasteiger partial charge in [-0.1, -0.05) is 24.3 Å². The van der Waals surface area contributed by atoms with Gasteiger partial charge in [0.15, 0.2) is 0 Å². The lowest BCUT2D eigenvalue weighted by atomic mass is 9.93. The minimum atomic E-state index is -0.720. The molecule has 2 aliphatic rings. The number of aliphatic hydroxyl groups excluding tert-OH is 1. The van der Waals surface area contributed by atoms with E-state index in [0.717, 1.165) is 0 Å². The molecule has 2 atom stereocenters. The van der Waals surface area contributed by atoms with Crippen LogP contribution in [-0.2, 0) is 17.7 Å². The number of methoxy groups -OCH3 is 1. The van der Waals surface area contributed by atoms with E-state index in [-0.39, 0.29) is 36.5 Å². The van der Waals surface area contributed by atoms with E-state index in [1.165, 1.54) is 18.2 Å². The van der Waals surface area contributed by atoms with Crippen molar-refractivity contribution in [2.45, 2.75) is 44.0 Å². The van der Waals surface area contributed by atoms with Crippen molar-refractivity contribution in [3.63, 3.8) is 0 Å². The van der Waals surface area contributed by atoms with Gasteiger partial charge in [-0.05, 0) is 54.7 Å². The van der Waals surface area contributed by atoms with Gasteiger partial charge in [0.25, 0.3) is 11.8 Å². The van der Waals surface area contributed by atoms with Crippen molar-refractivity contribution >= 4 is 17.9 Å². The quantitative estimate of drug-likeness (QED) is 0.565. The van der Waals surface area contributed by atoms with Gasteiger partial charge in [0.1, 0.15) is 0 Å². The Kier molecular flexibility index (Phi) is 8.22. The Morgan fingerprint density at radius 2 is 1.72 bits per heavy atom. The van der Waals surface area contributed by atoms with Crippen molar-refractivity contribution < 1.29 is 24.2 Å². The highest BCUT2D eigenvalue weighted by Gasteiger charge is 2.28. The van der Waals surface area contributed by atoms with Crippen molar-refractivity contribution in [3.8, 4) is 0 Å². The number of fused-ring (bicyclic) bond motifs is 1. The van der Waals surface area contributed by atoms with Crippen LogP contribution in [0.15, 0.2) is 48.5 Å². The number of carbonyl (C=O) groups excluding carboxylic acids is 3. The molecule has 3 N–H and O–H groups in total. The molecule has 9 heteroatoms. The Labute approximate surface area is 211 Å². The third-order valence-electron chi connectivity index (χ3n) is 7.21. The van der Waals surface area contributed by atoms with Crippen LogP contribution in [0.25, 0.3) is 0 Å². The smallest absolute Gasteiger partial charge is 0.409 e. The van der Waals surface area contributed by atoms with Crippen LogP contribution in [0.5, 0.6) is 0 Å². The Morgan fingerprint density at radius 3 is 2.39 bits per heavy atom. The molecular formula is C27H34N4O5. The molecule has 1 fully saturated rings. The third-order valence-corrected chi connectivity index (χ3v) is 7.21. The highest BCUT2D eigenvalue weighted by Crippen LogP contribution is 2.19. The Bertz CT molecular complexity index is 1080. The van der Waals surface area contributed by atoms with Crippen LogP contribution in [0, 0.1) is 0 Å².